The van der Waals surface area contributed by atoms with Crippen molar-refractivity contribution in [3.05, 3.63) is 0 Å². The van der Waals surface area contributed by atoms with Crippen LogP contribution in [0.5, 0.6) is 0 Å². The lowest BCUT2D eigenvalue weighted by Crippen LogP contribution is -2.39. The van der Waals surface area contributed by atoms with E-state index in [0.29, 0.717) is 38.4 Å². The summed E-state index contributed by atoms with van der Waals surface area (Å²) in [6, 6.07) is 0.177. The first-order valence-electron chi connectivity index (χ1n) is 11.1. The number of nitrogens with one attached hydrogen (secondary N) is 2. The lowest BCUT2D eigenvalue weighted by atomic mass is 9.80. The van der Waals surface area contributed by atoms with Crippen molar-refractivity contribution in [1.82, 2.24) is 10.6 Å². The van der Waals surface area contributed by atoms with E-state index in [9.17, 15) is 14.4 Å². The van der Waals surface area contributed by atoms with Crippen LogP contribution < -0.4 is 10.6 Å². The fourth-order valence-electron chi connectivity index (χ4n) is 3.25. The largest absolute Gasteiger partial charge is 0.379 e. The third-order valence-electron chi connectivity index (χ3n) is 4.86. The summed E-state index contributed by atoms with van der Waals surface area (Å²) >= 11 is 0. The Kier molecular flexibility index (Phi) is 15.7. The van der Waals surface area contributed by atoms with Gasteiger partial charge in [-0.05, 0) is 32.1 Å². The van der Waals surface area contributed by atoms with Gasteiger partial charge in [0.25, 0.3) is 0 Å². The van der Waals surface area contributed by atoms with E-state index in [-0.39, 0.29) is 29.7 Å². The molecule has 0 aromatic carbocycles. The molecule has 2 amide bonds. The molecule has 0 spiro atoms. The molecule has 2 N–H and O–H groups in total. The molecule has 0 atom stereocenters. The van der Waals surface area contributed by atoms with Crippen molar-refractivity contribution in [2.24, 2.45) is 11.8 Å². The van der Waals surface area contributed by atoms with E-state index in [1.807, 2.05) is 27.7 Å². The molecule has 1 fully saturated rings. The molecule has 0 aliphatic heterocycles. The van der Waals surface area contributed by atoms with Crippen LogP contribution in [0.15, 0.2) is 0 Å². The van der Waals surface area contributed by atoms with Gasteiger partial charge >= 0.3 is 0 Å². The summed E-state index contributed by atoms with van der Waals surface area (Å²) < 4.78 is 5.40. The SMILES string of the molecule is CC.CCCCC(=O)NCCOCCC(=O)NC1CCC(C(=O)C(C)C)CC1. The van der Waals surface area contributed by atoms with Crippen LogP contribution >= 0.6 is 0 Å². The van der Waals surface area contributed by atoms with Gasteiger partial charge in [-0.3, -0.25) is 14.4 Å². The van der Waals surface area contributed by atoms with Crippen LogP contribution in [-0.4, -0.2) is 43.4 Å². The molecular weight excluding hydrogens is 356 g/mol. The summed E-state index contributed by atoms with van der Waals surface area (Å²) in [5.41, 5.74) is 0. The van der Waals surface area contributed by atoms with Gasteiger partial charge in [0.15, 0.2) is 0 Å². The minimum atomic E-state index is -0.00406. The summed E-state index contributed by atoms with van der Waals surface area (Å²) in [7, 11) is 0. The number of unbranched alkanes of at least 4 members (excludes halogenated alkanes) is 1. The average Bonchev–Trinajstić information content (AvgIpc) is 2.70. The summed E-state index contributed by atoms with van der Waals surface area (Å²) in [5, 5.41) is 5.84. The second-order valence-corrected chi connectivity index (χ2v) is 7.49. The molecule has 6 heteroatoms. The number of hydrogen-bond donors (Lipinski definition) is 2. The predicted molar refractivity (Wildman–Crippen MR) is 113 cm³/mol. The fraction of sp³-hybridized carbons (Fsp3) is 0.864. The van der Waals surface area contributed by atoms with Gasteiger partial charge < -0.3 is 15.4 Å². The third kappa shape index (κ3) is 12.1. The Labute approximate surface area is 171 Å². The number of hydrogen-bond acceptors (Lipinski definition) is 4. The minimum Gasteiger partial charge on any atom is -0.379 e. The van der Waals surface area contributed by atoms with E-state index in [1.165, 1.54) is 0 Å². The molecule has 0 radical (unpaired) electrons. The van der Waals surface area contributed by atoms with Gasteiger partial charge in [-0.25, -0.2) is 0 Å². The molecule has 1 aliphatic rings. The third-order valence-corrected chi connectivity index (χ3v) is 4.86. The first-order valence-corrected chi connectivity index (χ1v) is 11.1. The van der Waals surface area contributed by atoms with Crippen LogP contribution in [0.25, 0.3) is 0 Å². The van der Waals surface area contributed by atoms with Crippen molar-refractivity contribution in [2.45, 2.75) is 92.0 Å². The summed E-state index contributed by atoms with van der Waals surface area (Å²) in [4.78, 5) is 35.4. The van der Waals surface area contributed by atoms with Gasteiger partial charge in [-0.1, -0.05) is 41.0 Å². The average molecular weight is 399 g/mol. The van der Waals surface area contributed by atoms with Crippen LogP contribution in [0, 0.1) is 11.8 Å². The van der Waals surface area contributed by atoms with Crippen molar-refractivity contribution in [1.29, 1.82) is 0 Å². The standard InChI is InChI=1S/C20H36N2O4.C2H6/c1-4-5-6-18(23)21-12-14-26-13-11-19(24)22-17-9-7-16(8-10-17)20(25)15(2)3;1-2/h15-17H,4-14H2,1-3H3,(H,21,23)(H,22,24);1-2H3. The first-order chi connectivity index (χ1) is 13.4. The van der Waals surface area contributed by atoms with Gasteiger partial charge in [0.2, 0.25) is 11.8 Å². The van der Waals surface area contributed by atoms with E-state index in [1.54, 1.807) is 0 Å². The normalized spacial score (nSPS) is 18.8. The number of amides is 2. The molecule has 0 aromatic rings. The van der Waals surface area contributed by atoms with E-state index in [2.05, 4.69) is 17.6 Å². The highest BCUT2D eigenvalue weighted by molar-refractivity contribution is 5.83. The van der Waals surface area contributed by atoms with E-state index >= 15 is 0 Å². The van der Waals surface area contributed by atoms with Gasteiger partial charge in [-0.15, -0.1) is 0 Å². The zero-order valence-corrected chi connectivity index (χ0v) is 18.6. The number of carbonyl (C=O) groups excluding carboxylic acids is 3. The van der Waals surface area contributed by atoms with Gasteiger partial charge in [0.05, 0.1) is 13.2 Å². The molecule has 1 rings (SSSR count). The first kappa shape index (κ1) is 26.6. The van der Waals surface area contributed by atoms with Crippen molar-refractivity contribution >= 4 is 17.6 Å². The number of Topliss-reactive ketones (excluding diaryl/α,β-unsaturated/α-hetero) is 1. The smallest absolute Gasteiger partial charge is 0.222 e. The van der Waals surface area contributed by atoms with Crippen LogP contribution in [0.3, 0.4) is 0 Å². The Balaban J connectivity index is 0.00000352. The molecule has 0 aromatic heterocycles. The van der Waals surface area contributed by atoms with Crippen LogP contribution in [-0.2, 0) is 19.1 Å². The maximum atomic E-state index is 12.0. The van der Waals surface area contributed by atoms with E-state index < -0.39 is 0 Å². The van der Waals surface area contributed by atoms with Crippen LogP contribution in [0.1, 0.15) is 86.0 Å². The number of rotatable bonds is 12. The Morgan fingerprint density at radius 3 is 2.18 bits per heavy atom. The van der Waals surface area contributed by atoms with Crippen LogP contribution in [0.2, 0.25) is 0 Å². The molecule has 0 bridgehead atoms. The second kappa shape index (κ2) is 16.5. The lowest BCUT2D eigenvalue weighted by Gasteiger charge is -2.29. The van der Waals surface area contributed by atoms with Gasteiger partial charge in [0, 0.05) is 37.3 Å². The van der Waals surface area contributed by atoms with Crippen molar-refractivity contribution in [2.75, 3.05) is 19.8 Å². The molecule has 0 unspecified atom stereocenters. The van der Waals surface area contributed by atoms with Crippen molar-refractivity contribution < 1.29 is 19.1 Å². The molecule has 0 saturated heterocycles. The predicted octanol–water partition coefficient (Wildman–Crippen LogP) is 3.63. The molecular formula is C22H42N2O4. The zero-order chi connectivity index (χ0) is 21.4. The number of ketones is 1. The molecule has 164 valence electrons. The highest BCUT2D eigenvalue weighted by atomic mass is 16.5. The highest BCUT2D eigenvalue weighted by Crippen LogP contribution is 2.27. The second-order valence-electron chi connectivity index (χ2n) is 7.49. The van der Waals surface area contributed by atoms with Gasteiger partial charge in [0.1, 0.15) is 5.78 Å². The summed E-state index contributed by atoms with van der Waals surface area (Å²) in [6.07, 6.45) is 6.29. The highest BCUT2D eigenvalue weighted by Gasteiger charge is 2.28. The fourth-order valence-corrected chi connectivity index (χ4v) is 3.25. The maximum Gasteiger partial charge on any atom is 0.222 e. The maximum absolute atomic E-state index is 12.0. The van der Waals surface area contributed by atoms with Crippen molar-refractivity contribution in [3.63, 3.8) is 0 Å². The Morgan fingerprint density at radius 2 is 1.61 bits per heavy atom. The summed E-state index contributed by atoms with van der Waals surface area (Å²) in [6.45, 7) is 11.2. The molecule has 0 heterocycles. The zero-order valence-electron chi connectivity index (χ0n) is 18.6. The monoisotopic (exact) mass is 398 g/mol. The Bertz CT molecular complexity index is 444. The van der Waals surface area contributed by atoms with E-state index in [0.717, 1.165) is 38.5 Å². The Hall–Kier alpha value is -1.43. The number of carbonyl (C=O) groups is 3. The Morgan fingerprint density at radius 1 is 0.964 bits per heavy atom. The minimum absolute atomic E-state index is 0.00406. The lowest BCUT2D eigenvalue weighted by molar-refractivity contribution is -0.127. The quantitative estimate of drug-likeness (QED) is 0.492. The van der Waals surface area contributed by atoms with Gasteiger partial charge in [-0.2, -0.15) is 0 Å². The van der Waals surface area contributed by atoms with Crippen LogP contribution in [0.4, 0.5) is 0 Å². The molecule has 1 aliphatic carbocycles. The summed E-state index contributed by atoms with van der Waals surface area (Å²) in [5.74, 6) is 0.666. The van der Waals surface area contributed by atoms with Crippen molar-refractivity contribution in [3.8, 4) is 0 Å². The topological polar surface area (TPSA) is 84.5 Å². The van der Waals surface area contributed by atoms with E-state index in [4.69, 9.17) is 4.74 Å². The molecule has 6 nitrogen and oxygen atoms in total. The molecule has 1 saturated carbocycles. The number of ether oxygens (including phenoxy) is 1. The molecule has 28 heavy (non-hydrogen) atoms.